The largest absolute Gasteiger partial charge is 0.382 e. The standard InChI is InChI=1S/C6H7N5S/c1-11-5-3(10-6(11)12)4(7)8-2-9-5/h2H,1H3,(H,10,12)(H2,7,8,9). The number of hydrogen-bond donors (Lipinski definition) is 2. The predicted molar refractivity (Wildman–Crippen MR) is 48.1 cm³/mol. The van der Waals surface area contributed by atoms with E-state index in [1.165, 1.54) is 6.33 Å². The number of fused-ring (bicyclic) bond motifs is 1. The summed E-state index contributed by atoms with van der Waals surface area (Å²) in [5.41, 5.74) is 7.02. The average molecular weight is 181 g/mol. The van der Waals surface area contributed by atoms with E-state index in [-0.39, 0.29) is 0 Å². The van der Waals surface area contributed by atoms with Gasteiger partial charge in [0.15, 0.2) is 16.2 Å². The molecule has 0 aliphatic rings. The Labute approximate surface area is 73.3 Å². The summed E-state index contributed by atoms with van der Waals surface area (Å²) >= 11 is 5.00. The Morgan fingerprint density at radius 2 is 2.33 bits per heavy atom. The number of H-pyrrole nitrogens is 1. The Morgan fingerprint density at radius 1 is 1.58 bits per heavy atom. The van der Waals surface area contributed by atoms with Gasteiger partial charge in [0.25, 0.3) is 0 Å². The van der Waals surface area contributed by atoms with Gasteiger partial charge in [0.1, 0.15) is 11.8 Å². The van der Waals surface area contributed by atoms with Crippen LogP contribution >= 0.6 is 12.2 Å². The predicted octanol–water partition coefficient (Wildman–Crippen LogP) is 0.608. The number of nitrogens with one attached hydrogen (secondary N) is 1. The van der Waals surface area contributed by atoms with Gasteiger partial charge in [-0.3, -0.25) is 0 Å². The van der Waals surface area contributed by atoms with E-state index in [4.69, 9.17) is 18.0 Å². The molecule has 0 saturated heterocycles. The quantitative estimate of drug-likeness (QED) is 0.584. The SMILES string of the molecule is Cn1c(=S)[nH]c2c(N)ncnc21. The van der Waals surface area contributed by atoms with Gasteiger partial charge in [0.05, 0.1) is 0 Å². The topological polar surface area (TPSA) is 72.5 Å². The lowest BCUT2D eigenvalue weighted by atomic mass is 10.5. The van der Waals surface area contributed by atoms with Gasteiger partial charge in [0, 0.05) is 7.05 Å². The lowest BCUT2D eigenvalue weighted by Crippen LogP contribution is -1.94. The first-order chi connectivity index (χ1) is 5.70. The molecule has 2 aromatic heterocycles. The van der Waals surface area contributed by atoms with Gasteiger partial charge in [-0.2, -0.15) is 0 Å². The summed E-state index contributed by atoms with van der Waals surface area (Å²) in [6.07, 6.45) is 1.42. The van der Waals surface area contributed by atoms with Gasteiger partial charge in [-0.15, -0.1) is 0 Å². The number of nitrogens with zero attached hydrogens (tertiary/aromatic N) is 3. The van der Waals surface area contributed by atoms with Crippen LogP contribution in [0, 0.1) is 4.77 Å². The number of imidazole rings is 1. The average Bonchev–Trinajstić information content (AvgIpc) is 2.32. The molecule has 0 spiro atoms. The minimum atomic E-state index is 0.423. The first kappa shape index (κ1) is 7.23. The molecule has 0 fully saturated rings. The highest BCUT2D eigenvalue weighted by molar-refractivity contribution is 7.71. The summed E-state index contributed by atoms with van der Waals surface area (Å²) in [4.78, 5) is 10.8. The zero-order valence-electron chi connectivity index (χ0n) is 6.40. The van der Waals surface area contributed by atoms with Crippen LogP contribution in [0.25, 0.3) is 11.2 Å². The normalized spacial score (nSPS) is 10.8. The number of aromatic nitrogens is 4. The highest BCUT2D eigenvalue weighted by Gasteiger charge is 2.04. The van der Waals surface area contributed by atoms with Crippen LogP contribution in [0.5, 0.6) is 0 Å². The fourth-order valence-corrected chi connectivity index (χ4v) is 1.24. The van der Waals surface area contributed by atoms with Crippen LogP contribution < -0.4 is 5.73 Å². The molecule has 0 aliphatic carbocycles. The first-order valence-corrected chi connectivity index (χ1v) is 3.76. The summed E-state index contributed by atoms with van der Waals surface area (Å²) in [6, 6.07) is 0. The van der Waals surface area contributed by atoms with Gasteiger partial charge >= 0.3 is 0 Å². The smallest absolute Gasteiger partial charge is 0.179 e. The van der Waals surface area contributed by atoms with E-state index >= 15 is 0 Å². The van der Waals surface area contributed by atoms with Crippen LogP contribution in [0.1, 0.15) is 0 Å². The van der Waals surface area contributed by atoms with Crippen molar-refractivity contribution in [3.05, 3.63) is 11.1 Å². The Hall–Kier alpha value is -1.43. The maximum absolute atomic E-state index is 5.60. The van der Waals surface area contributed by atoms with Crippen molar-refractivity contribution in [3.63, 3.8) is 0 Å². The van der Waals surface area contributed by atoms with Gasteiger partial charge in [-0.25, -0.2) is 9.97 Å². The van der Waals surface area contributed by atoms with E-state index in [0.717, 1.165) is 5.65 Å². The number of anilines is 1. The van der Waals surface area contributed by atoms with Gasteiger partial charge < -0.3 is 15.3 Å². The van der Waals surface area contributed by atoms with Crippen molar-refractivity contribution in [1.29, 1.82) is 0 Å². The number of aryl methyl sites for hydroxylation is 1. The molecule has 0 saturated carbocycles. The number of rotatable bonds is 0. The van der Waals surface area contributed by atoms with Crippen molar-refractivity contribution >= 4 is 29.2 Å². The summed E-state index contributed by atoms with van der Waals surface area (Å²) in [5.74, 6) is 0.423. The van der Waals surface area contributed by atoms with E-state index in [1.807, 2.05) is 7.05 Å². The molecule has 0 unspecified atom stereocenters. The van der Waals surface area contributed by atoms with Gasteiger partial charge in [-0.05, 0) is 12.2 Å². The summed E-state index contributed by atoms with van der Waals surface area (Å²) in [6.45, 7) is 0. The molecule has 3 N–H and O–H groups in total. The van der Waals surface area contributed by atoms with Crippen LogP contribution in [-0.2, 0) is 7.05 Å². The Kier molecular flexibility index (Phi) is 1.37. The number of aromatic amines is 1. The molecular weight excluding hydrogens is 174 g/mol. The van der Waals surface area contributed by atoms with Crippen molar-refractivity contribution < 1.29 is 0 Å². The van der Waals surface area contributed by atoms with Crippen molar-refractivity contribution in [2.45, 2.75) is 0 Å². The molecule has 0 bridgehead atoms. The molecular formula is C6H7N5S. The van der Waals surface area contributed by atoms with Crippen LogP contribution in [0.15, 0.2) is 6.33 Å². The zero-order chi connectivity index (χ0) is 8.72. The van der Waals surface area contributed by atoms with Gasteiger partial charge in [-0.1, -0.05) is 0 Å². The minimum absolute atomic E-state index is 0.423. The molecule has 5 nitrogen and oxygen atoms in total. The maximum Gasteiger partial charge on any atom is 0.179 e. The van der Waals surface area contributed by atoms with Crippen molar-refractivity contribution in [2.75, 3.05) is 5.73 Å². The molecule has 0 aromatic carbocycles. The van der Waals surface area contributed by atoms with Gasteiger partial charge in [0.2, 0.25) is 0 Å². The Balaban J connectivity index is 3.05. The maximum atomic E-state index is 5.60. The van der Waals surface area contributed by atoms with Crippen LogP contribution in [0.2, 0.25) is 0 Å². The van der Waals surface area contributed by atoms with Crippen molar-refractivity contribution in [2.24, 2.45) is 7.05 Å². The van der Waals surface area contributed by atoms with E-state index in [2.05, 4.69) is 15.0 Å². The van der Waals surface area contributed by atoms with Crippen LogP contribution in [0.3, 0.4) is 0 Å². The molecule has 0 radical (unpaired) electrons. The molecule has 0 atom stereocenters. The van der Waals surface area contributed by atoms with E-state index < -0.39 is 0 Å². The molecule has 0 amide bonds. The molecule has 2 heterocycles. The highest BCUT2D eigenvalue weighted by Crippen LogP contribution is 2.13. The monoisotopic (exact) mass is 181 g/mol. The van der Waals surface area contributed by atoms with E-state index in [0.29, 0.717) is 16.1 Å². The van der Waals surface area contributed by atoms with Crippen LogP contribution in [0.4, 0.5) is 5.82 Å². The second-order valence-corrected chi connectivity index (χ2v) is 2.83. The van der Waals surface area contributed by atoms with Crippen LogP contribution in [-0.4, -0.2) is 19.5 Å². The molecule has 12 heavy (non-hydrogen) atoms. The number of nitrogens with two attached hydrogens (primary N) is 1. The lowest BCUT2D eigenvalue weighted by Gasteiger charge is -1.93. The Bertz CT molecular complexity index is 482. The molecule has 62 valence electrons. The molecule has 0 aliphatic heterocycles. The molecule has 2 rings (SSSR count). The van der Waals surface area contributed by atoms with E-state index in [1.54, 1.807) is 4.57 Å². The fourth-order valence-electron chi connectivity index (χ4n) is 1.05. The second kappa shape index (κ2) is 2.28. The van der Waals surface area contributed by atoms with Crippen molar-refractivity contribution in [1.82, 2.24) is 19.5 Å². The number of nitrogen functional groups attached to an aromatic ring is 1. The number of hydrogen-bond acceptors (Lipinski definition) is 4. The first-order valence-electron chi connectivity index (χ1n) is 3.35. The second-order valence-electron chi connectivity index (χ2n) is 2.45. The van der Waals surface area contributed by atoms with Crippen molar-refractivity contribution in [3.8, 4) is 0 Å². The highest BCUT2D eigenvalue weighted by atomic mass is 32.1. The summed E-state index contributed by atoms with van der Waals surface area (Å²) in [7, 11) is 1.83. The Morgan fingerprint density at radius 3 is 3.00 bits per heavy atom. The zero-order valence-corrected chi connectivity index (χ0v) is 7.22. The van der Waals surface area contributed by atoms with E-state index in [9.17, 15) is 0 Å². The fraction of sp³-hybridized carbons (Fsp3) is 0.167. The molecule has 6 heteroatoms. The lowest BCUT2D eigenvalue weighted by molar-refractivity contribution is 0.909. The third-order valence-electron chi connectivity index (χ3n) is 1.71. The third kappa shape index (κ3) is 0.814. The third-order valence-corrected chi connectivity index (χ3v) is 2.09. The summed E-state index contributed by atoms with van der Waals surface area (Å²) in [5, 5.41) is 0. The minimum Gasteiger partial charge on any atom is -0.382 e. The summed E-state index contributed by atoms with van der Waals surface area (Å²) < 4.78 is 2.35. The molecule has 2 aromatic rings.